The predicted octanol–water partition coefficient (Wildman–Crippen LogP) is 3.47. The standard InChI is InChI=1S/C16H21N3O2S/c1-10(2)15-18-19-16(21-15)12(4)17-14(20)9-22-13-8-6-5-7-11(13)3/h5-8,10,12H,9H2,1-4H3,(H,17,20)/t12-/m0/s1. The molecule has 0 bridgehead atoms. The number of aromatic nitrogens is 2. The maximum absolute atomic E-state index is 12.0. The molecule has 6 heteroatoms. The van der Waals surface area contributed by atoms with E-state index in [9.17, 15) is 4.79 Å². The summed E-state index contributed by atoms with van der Waals surface area (Å²) < 4.78 is 5.55. The quantitative estimate of drug-likeness (QED) is 0.826. The van der Waals surface area contributed by atoms with Crippen LogP contribution in [0.2, 0.25) is 0 Å². The highest BCUT2D eigenvalue weighted by Crippen LogP contribution is 2.22. The zero-order chi connectivity index (χ0) is 16.1. The van der Waals surface area contributed by atoms with Crippen LogP contribution < -0.4 is 5.32 Å². The van der Waals surface area contributed by atoms with Gasteiger partial charge in [-0.05, 0) is 25.5 Å². The van der Waals surface area contributed by atoms with Crippen LogP contribution >= 0.6 is 11.8 Å². The minimum Gasteiger partial charge on any atom is -0.423 e. The maximum Gasteiger partial charge on any atom is 0.238 e. The van der Waals surface area contributed by atoms with Gasteiger partial charge < -0.3 is 9.73 Å². The van der Waals surface area contributed by atoms with E-state index in [4.69, 9.17) is 4.42 Å². The first kappa shape index (κ1) is 16.5. The summed E-state index contributed by atoms with van der Waals surface area (Å²) in [6.45, 7) is 7.85. The fraction of sp³-hybridized carbons (Fsp3) is 0.438. The first-order valence-corrected chi connectivity index (χ1v) is 8.27. The number of hydrogen-bond acceptors (Lipinski definition) is 5. The highest BCUT2D eigenvalue weighted by atomic mass is 32.2. The van der Waals surface area contributed by atoms with Gasteiger partial charge in [-0.3, -0.25) is 4.79 Å². The second-order valence-electron chi connectivity index (χ2n) is 5.48. The lowest BCUT2D eigenvalue weighted by Crippen LogP contribution is -2.28. The van der Waals surface area contributed by atoms with Gasteiger partial charge in [0.2, 0.25) is 17.7 Å². The Hall–Kier alpha value is -1.82. The number of aryl methyl sites for hydroxylation is 1. The summed E-state index contributed by atoms with van der Waals surface area (Å²) in [6, 6.07) is 7.73. The Morgan fingerprint density at radius 2 is 1.91 bits per heavy atom. The van der Waals surface area contributed by atoms with Crippen LogP contribution in [0, 0.1) is 6.92 Å². The van der Waals surface area contributed by atoms with Gasteiger partial charge in [-0.1, -0.05) is 32.0 Å². The molecule has 5 nitrogen and oxygen atoms in total. The number of hydrogen-bond donors (Lipinski definition) is 1. The molecule has 2 rings (SSSR count). The molecule has 0 spiro atoms. The second-order valence-corrected chi connectivity index (χ2v) is 6.49. The number of carbonyl (C=O) groups is 1. The van der Waals surface area contributed by atoms with Crippen LogP contribution in [0.15, 0.2) is 33.6 Å². The molecule has 0 saturated heterocycles. The molecule has 22 heavy (non-hydrogen) atoms. The normalized spacial score (nSPS) is 12.4. The first-order chi connectivity index (χ1) is 10.5. The molecule has 0 radical (unpaired) electrons. The van der Waals surface area contributed by atoms with E-state index in [0.29, 0.717) is 17.5 Å². The topological polar surface area (TPSA) is 68.0 Å². The van der Waals surface area contributed by atoms with Crippen LogP contribution in [-0.4, -0.2) is 21.9 Å². The number of thioether (sulfide) groups is 1. The highest BCUT2D eigenvalue weighted by molar-refractivity contribution is 8.00. The predicted molar refractivity (Wildman–Crippen MR) is 86.8 cm³/mol. The highest BCUT2D eigenvalue weighted by Gasteiger charge is 2.17. The van der Waals surface area contributed by atoms with Gasteiger partial charge in [0.15, 0.2) is 0 Å². The van der Waals surface area contributed by atoms with Crippen molar-refractivity contribution in [2.75, 3.05) is 5.75 Å². The molecule has 0 aliphatic heterocycles. The van der Waals surface area contributed by atoms with Crippen LogP contribution in [0.1, 0.15) is 50.1 Å². The molecule has 0 aliphatic rings. The van der Waals surface area contributed by atoms with Gasteiger partial charge in [-0.2, -0.15) is 0 Å². The van der Waals surface area contributed by atoms with Crippen LogP contribution in [-0.2, 0) is 4.79 Å². The minimum atomic E-state index is -0.287. The maximum atomic E-state index is 12.0. The largest absolute Gasteiger partial charge is 0.423 e. The number of carbonyl (C=O) groups excluding carboxylic acids is 1. The van der Waals surface area contributed by atoms with Crippen molar-refractivity contribution in [3.8, 4) is 0 Å². The Balaban J connectivity index is 1.87. The summed E-state index contributed by atoms with van der Waals surface area (Å²) in [6.07, 6.45) is 0. The van der Waals surface area contributed by atoms with Gasteiger partial charge in [-0.15, -0.1) is 22.0 Å². The third-order valence-electron chi connectivity index (χ3n) is 3.15. The lowest BCUT2D eigenvalue weighted by atomic mass is 10.2. The fourth-order valence-corrected chi connectivity index (χ4v) is 2.70. The number of amides is 1. The van der Waals surface area contributed by atoms with Crippen molar-refractivity contribution in [2.45, 2.75) is 44.6 Å². The monoisotopic (exact) mass is 319 g/mol. The van der Waals surface area contributed by atoms with Crippen LogP contribution in [0.3, 0.4) is 0 Å². The van der Waals surface area contributed by atoms with Crippen LogP contribution in [0.25, 0.3) is 0 Å². The number of rotatable bonds is 6. The summed E-state index contributed by atoms with van der Waals surface area (Å²) in [5, 5.41) is 10.8. The molecule has 1 amide bonds. The van der Waals surface area contributed by atoms with Crippen molar-refractivity contribution in [3.05, 3.63) is 41.6 Å². The molecule has 0 saturated carbocycles. The summed E-state index contributed by atoms with van der Waals surface area (Å²) in [7, 11) is 0. The lowest BCUT2D eigenvalue weighted by molar-refractivity contribution is -0.119. The van der Waals surface area contributed by atoms with Gasteiger partial charge in [0, 0.05) is 10.8 Å². The van der Waals surface area contributed by atoms with E-state index in [1.807, 2.05) is 52.0 Å². The van der Waals surface area contributed by atoms with Crippen molar-refractivity contribution in [1.29, 1.82) is 0 Å². The molecule has 2 aromatic rings. The van der Waals surface area contributed by atoms with Crippen molar-refractivity contribution >= 4 is 17.7 Å². The van der Waals surface area contributed by atoms with E-state index >= 15 is 0 Å². The van der Waals surface area contributed by atoms with Gasteiger partial charge in [0.25, 0.3) is 0 Å². The third kappa shape index (κ3) is 4.34. The molecule has 0 aliphatic carbocycles. The molecule has 1 heterocycles. The van der Waals surface area contributed by atoms with Gasteiger partial charge in [0.1, 0.15) is 6.04 Å². The number of benzene rings is 1. The Kier molecular flexibility index (Phi) is 5.60. The third-order valence-corrected chi connectivity index (χ3v) is 4.33. The smallest absolute Gasteiger partial charge is 0.238 e. The van der Waals surface area contributed by atoms with Crippen molar-refractivity contribution in [2.24, 2.45) is 0 Å². The van der Waals surface area contributed by atoms with E-state index in [-0.39, 0.29) is 17.9 Å². The summed E-state index contributed by atoms with van der Waals surface area (Å²) in [5.41, 5.74) is 1.17. The van der Waals surface area contributed by atoms with Crippen molar-refractivity contribution in [1.82, 2.24) is 15.5 Å². The van der Waals surface area contributed by atoms with Crippen molar-refractivity contribution in [3.63, 3.8) is 0 Å². The van der Waals surface area contributed by atoms with E-state index in [2.05, 4.69) is 15.5 Å². The molecular formula is C16H21N3O2S. The molecule has 118 valence electrons. The second kappa shape index (κ2) is 7.45. The number of nitrogens with zero attached hydrogens (tertiary/aromatic N) is 2. The van der Waals surface area contributed by atoms with E-state index in [1.54, 1.807) is 0 Å². The van der Waals surface area contributed by atoms with Crippen LogP contribution in [0.5, 0.6) is 0 Å². The average molecular weight is 319 g/mol. The summed E-state index contributed by atoms with van der Waals surface area (Å²) in [5.74, 6) is 1.52. The Morgan fingerprint density at radius 1 is 1.23 bits per heavy atom. The average Bonchev–Trinajstić information content (AvgIpc) is 2.96. The fourth-order valence-electron chi connectivity index (χ4n) is 1.86. The van der Waals surface area contributed by atoms with Gasteiger partial charge in [0.05, 0.1) is 5.75 Å². The molecule has 1 aromatic carbocycles. The molecule has 1 atom stereocenters. The first-order valence-electron chi connectivity index (χ1n) is 7.28. The molecule has 0 unspecified atom stereocenters. The zero-order valence-corrected chi connectivity index (χ0v) is 14.1. The summed E-state index contributed by atoms with van der Waals surface area (Å²) in [4.78, 5) is 13.1. The molecular weight excluding hydrogens is 298 g/mol. The minimum absolute atomic E-state index is 0.0509. The van der Waals surface area contributed by atoms with Gasteiger partial charge >= 0.3 is 0 Å². The van der Waals surface area contributed by atoms with E-state index < -0.39 is 0 Å². The summed E-state index contributed by atoms with van der Waals surface area (Å²) >= 11 is 1.52. The van der Waals surface area contributed by atoms with Crippen LogP contribution in [0.4, 0.5) is 0 Å². The molecule has 0 fully saturated rings. The van der Waals surface area contributed by atoms with E-state index in [1.165, 1.54) is 17.3 Å². The molecule has 1 N–H and O–H groups in total. The van der Waals surface area contributed by atoms with E-state index in [0.717, 1.165) is 4.90 Å². The Labute approximate surface area is 134 Å². The Morgan fingerprint density at radius 3 is 2.55 bits per heavy atom. The Bertz CT molecular complexity index is 640. The lowest BCUT2D eigenvalue weighted by Gasteiger charge is -2.10. The molecule has 1 aromatic heterocycles. The number of nitrogens with one attached hydrogen (secondary N) is 1. The van der Waals surface area contributed by atoms with Gasteiger partial charge in [-0.25, -0.2) is 0 Å². The zero-order valence-electron chi connectivity index (χ0n) is 13.3. The van der Waals surface area contributed by atoms with Crippen molar-refractivity contribution < 1.29 is 9.21 Å². The SMILES string of the molecule is Cc1ccccc1SCC(=O)N[C@@H](C)c1nnc(C(C)C)o1.